The van der Waals surface area contributed by atoms with Gasteiger partial charge in [0, 0.05) is 24.5 Å². The van der Waals surface area contributed by atoms with Gasteiger partial charge in [0.05, 0.1) is 11.4 Å². The van der Waals surface area contributed by atoms with E-state index in [1.807, 2.05) is 6.92 Å². The van der Waals surface area contributed by atoms with E-state index < -0.39 is 5.91 Å². The molecule has 2 aromatic heterocycles. The predicted octanol–water partition coefficient (Wildman–Crippen LogP) is 1.69. The van der Waals surface area contributed by atoms with Gasteiger partial charge in [0.1, 0.15) is 5.69 Å². The zero-order valence-electron chi connectivity index (χ0n) is 14.5. The summed E-state index contributed by atoms with van der Waals surface area (Å²) in [5, 5.41) is 6.87. The van der Waals surface area contributed by atoms with Crippen molar-refractivity contribution in [3.63, 3.8) is 0 Å². The Kier molecular flexibility index (Phi) is 4.83. The highest BCUT2D eigenvalue weighted by molar-refractivity contribution is 6.03. The van der Waals surface area contributed by atoms with Crippen molar-refractivity contribution in [2.75, 3.05) is 5.32 Å². The van der Waals surface area contributed by atoms with Gasteiger partial charge in [-0.05, 0) is 31.5 Å². The Labute approximate surface area is 149 Å². The normalized spacial score (nSPS) is 10.7. The van der Waals surface area contributed by atoms with Gasteiger partial charge < -0.3 is 10.3 Å². The number of aromatic nitrogens is 4. The van der Waals surface area contributed by atoms with Crippen LogP contribution in [0.25, 0.3) is 5.69 Å². The zero-order valence-corrected chi connectivity index (χ0v) is 14.5. The lowest BCUT2D eigenvalue weighted by molar-refractivity contribution is 0.101. The molecule has 3 rings (SSSR count). The smallest absolute Gasteiger partial charge is 0.319 e. The Hall–Kier alpha value is -3.42. The number of carbonyl (C=O) groups excluding carboxylic acids is 1. The largest absolute Gasteiger partial charge is 0.330 e. The minimum Gasteiger partial charge on any atom is -0.319 e. The van der Waals surface area contributed by atoms with Crippen molar-refractivity contribution in [3.8, 4) is 5.69 Å². The van der Waals surface area contributed by atoms with E-state index >= 15 is 0 Å². The number of amides is 1. The number of aryl methyl sites for hydroxylation is 2. The summed E-state index contributed by atoms with van der Waals surface area (Å²) in [6.07, 6.45) is 2.33. The van der Waals surface area contributed by atoms with Crippen LogP contribution in [-0.4, -0.2) is 25.2 Å². The van der Waals surface area contributed by atoms with Gasteiger partial charge in [0.2, 0.25) is 0 Å². The van der Waals surface area contributed by atoms with Crippen LogP contribution in [0.2, 0.25) is 0 Å². The Balaban J connectivity index is 1.95. The number of carbonyl (C=O) groups is 1. The Morgan fingerprint density at radius 3 is 2.65 bits per heavy atom. The second kappa shape index (κ2) is 7.22. The molecule has 2 N–H and O–H groups in total. The SMILES string of the molecule is CCCn1nc(C(=O)Nc2ccccc2-n2c(C)c[nH]c2=O)ccc1=O. The summed E-state index contributed by atoms with van der Waals surface area (Å²) in [6, 6.07) is 9.70. The Morgan fingerprint density at radius 2 is 1.96 bits per heavy atom. The summed E-state index contributed by atoms with van der Waals surface area (Å²) in [7, 11) is 0. The number of imidazole rings is 1. The lowest BCUT2D eigenvalue weighted by Crippen LogP contribution is -2.26. The molecule has 0 fully saturated rings. The molecule has 0 spiro atoms. The van der Waals surface area contributed by atoms with E-state index in [0.29, 0.717) is 23.6 Å². The monoisotopic (exact) mass is 353 g/mol. The number of hydrogen-bond acceptors (Lipinski definition) is 4. The highest BCUT2D eigenvalue weighted by atomic mass is 16.2. The van der Waals surface area contributed by atoms with Crippen molar-refractivity contribution in [2.24, 2.45) is 0 Å². The van der Waals surface area contributed by atoms with Crippen LogP contribution in [0.1, 0.15) is 29.5 Å². The lowest BCUT2D eigenvalue weighted by atomic mass is 10.2. The van der Waals surface area contributed by atoms with Gasteiger partial charge in [0.15, 0.2) is 0 Å². The maximum absolute atomic E-state index is 12.6. The number of rotatable bonds is 5. The third kappa shape index (κ3) is 3.34. The lowest BCUT2D eigenvalue weighted by Gasteiger charge is -2.12. The fourth-order valence-corrected chi connectivity index (χ4v) is 2.66. The molecular weight excluding hydrogens is 334 g/mol. The fourth-order valence-electron chi connectivity index (χ4n) is 2.66. The standard InChI is InChI=1S/C18H19N5O3/c1-3-10-22-16(24)9-8-14(21-22)17(25)20-13-6-4-5-7-15(13)23-12(2)11-19-18(23)26/h4-9,11H,3,10H2,1-2H3,(H,19,26)(H,20,25). The van der Waals surface area contributed by atoms with Gasteiger partial charge in [-0.1, -0.05) is 19.1 Å². The Bertz CT molecular complexity index is 1060. The van der Waals surface area contributed by atoms with Crippen LogP contribution in [0.4, 0.5) is 5.69 Å². The quantitative estimate of drug-likeness (QED) is 0.729. The molecule has 8 heteroatoms. The number of para-hydroxylation sites is 2. The first-order valence-corrected chi connectivity index (χ1v) is 8.27. The third-order valence-electron chi connectivity index (χ3n) is 3.89. The summed E-state index contributed by atoms with van der Waals surface area (Å²) in [6.45, 7) is 4.15. The average Bonchev–Trinajstić information content (AvgIpc) is 2.96. The van der Waals surface area contributed by atoms with E-state index in [0.717, 1.165) is 6.42 Å². The molecule has 0 bridgehead atoms. The molecule has 8 nitrogen and oxygen atoms in total. The number of nitrogens with zero attached hydrogens (tertiary/aromatic N) is 3. The summed E-state index contributed by atoms with van der Waals surface area (Å²) in [5.74, 6) is -0.455. The number of hydrogen-bond donors (Lipinski definition) is 2. The van der Waals surface area contributed by atoms with Gasteiger partial charge >= 0.3 is 5.69 Å². The van der Waals surface area contributed by atoms with Crippen molar-refractivity contribution in [2.45, 2.75) is 26.8 Å². The van der Waals surface area contributed by atoms with Crippen molar-refractivity contribution in [1.29, 1.82) is 0 Å². The van der Waals surface area contributed by atoms with Gasteiger partial charge in [-0.3, -0.25) is 14.2 Å². The van der Waals surface area contributed by atoms with E-state index in [1.165, 1.54) is 21.4 Å². The molecule has 1 aromatic carbocycles. The summed E-state index contributed by atoms with van der Waals surface area (Å²) in [4.78, 5) is 39.0. The topological polar surface area (TPSA) is 102 Å². The highest BCUT2D eigenvalue weighted by Gasteiger charge is 2.14. The molecule has 0 radical (unpaired) electrons. The van der Waals surface area contributed by atoms with Crippen molar-refractivity contribution in [3.05, 3.63) is 74.8 Å². The van der Waals surface area contributed by atoms with Crippen LogP contribution in [0.5, 0.6) is 0 Å². The second-order valence-corrected chi connectivity index (χ2v) is 5.82. The zero-order chi connectivity index (χ0) is 18.7. The number of aromatic amines is 1. The molecule has 1 amide bonds. The molecule has 2 heterocycles. The second-order valence-electron chi connectivity index (χ2n) is 5.82. The minimum atomic E-state index is -0.455. The molecule has 0 aliphatic heterocycles. The number of H-pyrrole nitrogens is 1. The molecule has 0 saturated heterocycles. The summed E-state index contributed by atoms with van der Waals surface area (Å²) in [5.41, 5.74) is 1.32. The molecular formula is C18H19N5O3. The molecule has 0 unspecified atom stereocenters. The van der Waals surface area contributed by atoms with Crippen LogP contribution in [0.15, 0.2) is 52.2 Å². The average molecular weight is 353 g/mol. The molecule has 3 aromatic rings. The summed E-state index contributed by atoms with van der Waals surface area (Å²) >= 11 is 0. The highest BCUT2D eigenvalue weighted by Crippen LogP contribution is 2.20. The maximum Gasteiger partial charge on any atom is 0.330 e. The first-order chi connectivity index (χ1) is 12.5. The van der Waals surface area contributed by atoms with Crippen LogP contribution in [-0.2, 0) is 6.54 Å². The molecule has 134 valence electrons. The first kappa shape index (κ1) is 17.4. The third-order valence-corrected chi connectivity index (χ3v) is 3.89. The minimum absolute atomic E-state index is 0.131. The van der Waals surface area contributed by atoms with Gasteiger partial charge in [0.25, 0.3) is 11.5 Å². The first-order valence-electron chi connectivity index (χ1n) is 8.27. The molecule has 26 heavy (non-hydrogen) atoms. The molecule has 0 aliphatic carbocycles. The van der Waals surface area contributed by atoms with Crippen LogP contribution in [0.3, 0.4) is 0 Å². The predicted molar refractivity (Wildman–Crippen MR) is 97.9 cm³/mol. The van der Waals surface area contributed by atoms with E-state index in [1.54, 1.807) is 37.4 Å². The van der Waals surface area contributed by atoms with E-state index in [-0.39, 0.29) is 16.9 Å². The number of nitrogens with one attached hydrogen (secondary N) is 2. The maximum atomic E-state index is 12.6. The van der Waals surface area contributed by atoms with Crippen LogP contribution < -0.4 is 16.6 Å². The van der Waals surface area contributed by atoms with Crippen molar-refractivity contribution in [1.82, 2.24) is 19.3 Å². The van der Waals surface area contributed by atoms with Gasteiger partial charge in [-0.25, -0.2) is 9.48 Å². The van der Waals surface area contributed by atoms with Crippen molar-refractivity contribution < 1.29 is 4.79 Å². The van der Waals surface area contributed by atoms with E-state index in [2.05, 4.69) is 15.4 Å². The molecule has 0 atom stereocenters. The number of anilines is 1. The van der Waals surface area contributed by atoms with E-state index in [4.69, 9.17) is 0 Å². The number of benzene rings is 1. The fraction of sp³-hybridized carbons (Fsp3) is 0.222. The molecule has 0 aliphatic rings. The van der Waals surface area contributed by atoms with Crippen molar-refractivity contribution >= 4 is 11.6 Å². The Morgan fingerprint density at radius 1 is 1.19 bits per heavy atom. The van der Waals surface area contributed by atoms with Gasteiger partial charge in [-0.2, -0.15) is 5.10 Å². The van der Waals surface area contributed by atoms with E-state index in [9.17, 15) is 14.4 Å². The summed E-state index contributed by atoms with van der Waals surface area (Å²) < 4.78 is 2.74. The van der Waals surface area contributed by atoms with Crippen LogP contribution >= 0.6 is 0 Å². The molecule has 0 saturated carbocycles. The van der Waals surface area contributed by atoms with Gasteiger partial charge in [-0.15, -0.1) is 0 Å². The van der Waals surface area contributed by atoms with Crippen LogP contribution in [0, 0.1) is 6.92 Å².